The molecule has 0 amide bonds. The van der Waals surface area contributed by atoms with Crippen LogP contribution in [0.4, 0.5) is 10.1 Å². The Kier molecular flexibility index (Phi) is 3.70. The van der Waals surface area contributed by atoms with Crippen molar-refractivity contribution in [2.75, 3.05) is 32.8 Å². The van der Waals surface area contributed by atoms with Gasteiger partial charge in [-0.25, -0.2) is 9.24 Å². The van der Waals surface area contributed by atoms with Crippen molar-refractivity contribution in [2.45, 2.75) is 19.1 Å². The molecule has 106 valence electrons. The van der Waals surface area contributed by atoms with Gasteiger partial charge in [-0.05, 0) is 24.1 Å². The zero-order chi connectivity index (χ0) is 14.1. The molecule has 2 fully saturated rings. The van der Waals surface area contributed by atoms with Gasteiger partial charge >= 0.3 is 0 Å². The number of rotatable bonds is 1. The maximum atomic E-state index is 13.9. The fraction of sp³-hybridized carbons (Fsp3) is 0.533. The molecule has 5 heteroatoms. The maximum absolute atomic E-state index is 13.9. The minimum absolute atomic E-state index is 0.0997. The van der Waals surface area contributed by atoms with E-state index in [1.807, 2.05) is 6.07 Å². The first kappa shape index (κ1) is 13.5. The summed E-state index contributed by atoms with van der Waals surface area (Å²) < 4.78 is 19.8. The second-order valence-corrected chi connectivity index (χ2v) is 5.45. The van der Waals surface area contributed by atoms with Crippen molar-refractivity contribution >= 4 is 5.69 Å². The fourth-order valence-electron chi connectivity index (χ4n) is 2.99. The Labute approximate surface area is 118 Å². The predicted molar refractivity (Wildman–Crippen MR) is 74.3 cm³/mol. The number of aryl methyl sites for hydroxylation is 1. The van der Waals surface area contributed by atoms with E-state index in [2.05, 4.69) is 15.1 Å². The van der Waals surface area contributed by atoms with Crippen LogP contribution in [-0.2, 0) is 4.74 Å². The number of hydrogen-bond acceptors (Lipinski definition) is 3. The van der Waals surface area contributed by atoms with E-state index < -0.39 is 5.82 Å². The van der Waals surface area contributed by atoms with Crippen LogP contribution in [0.1, 0.15) is 17.2 Å². The van der Waals surface area contributed by atoms with E-state index >= 15 is 0 Å². The van der Waals surface area contributed by atoms with Crippen LogP contribution in [0.3, 0.4) is 0 Å². The third-order valence-corrected chi connectivity index (χ3v) is 4.12. The number of halogens is 1. The SMILES string of the molecule is [C-]#[N+]c1c(C)cc([C@@H]2CN3CCNC[C@H]3CO2)cc1F. The smallest absolute Gasteiger partial charge is 0.224 e. The molecule has 2 saturated heterocycles. The van der Waals surface area contributed by atoms with Gasteiger partial charge in [0, 0.05) is 32.2 Å². The van der Waals surface area contributed by atoms with Crippen molar-refractivity contribution < 1.29 is 9.13 Å². The highest BCUT2D eigenvalue weighted by molar-refractivity contribution is 5.54. The average molecular weight is 275 g/mol. The quantitative estimate of drug-likeness (QED) is 0.795. The normalized spacial score (nSPS) is 26.9. The van der Waals surface area contributed by atoms with Gasteiger partial charge in [0.15, 0.2) is 0 Å². The first-order valence-electron chi connectivity index (χ1n) is 6.93. The summed E-state index contributed by atoms with van der Waals surface area (Å²) in [7, 11) is 0. The second kappa shape index (κ2) is 5.49. The van der Waals surface area contributed by atoms with E-state index in [-0.39, 0.29) is 11.8 Å². The molecule has 4 nitrogen and oxygen atoms in total. The van der Waals surface area contributed by atoms with Crippen molar-refractivity contribution in [2.24, 2.45) is 0 Å². The Hall–Kier alpha value is -1.48. The minimum atomic E-state index is -0.443. The number of nitrogens with one attached hydrogen (secondary N) is 1. The fourth-order valence-corrected chi connectivity index (χ4v) is 2.99. The summed E-state index contributed by atoms with van der Waals surface area (Å²) in [4.78, 5) is 5.64. The van der Waals surface area contributed by atoms with Gasteiger partial charge in [-0.2, -0.15) is 0 Å². The van der Waals surface area contributed by atoms with Gasteiger partial charge in [-0.3, -0.25) is 4.90 Å². The Morgan fingerprint density at radius 2 is 2.35 bits per heavy atom. The van der Waals surface area contributed by atoms with Gasteiger partial charge < -0.3 is 10.1 Å². The lowest BCUT2D eigenvalue weighted by Gasteiger charge is -2.42. The molecule has 2 aliphatic heterocycles. The third kappa shape index (κ3) is 2.42. The van der Waals surface area contributed by atoms with Gasteiger partial charge in [-0.1, -0.05) is 6.07 Å². The highest BCUT2D eigenvalue weighted by atomic mass is 19.1. The number of nitrogens with zero attached hydrogens (tertiary/aromatic N) is 2. The summed E-state index contributed by atoms with van der Waals surface area (Å²) in [6.45, 7) is 13.2. The van der Waals surface area contributed by atoms with Crippen molar-refractivity contribution in [3.05, 3.63) is 40.5 Å². The topological polar surface area (TPSA) is 28.9 Å². The largest absolute Gasteiger partial charge is 0.371 e. The molecule has 2 aliphatic rings. The van der Waals surface area contributed by atoms with Gasteiger partial charge in [-0.15, -0.1) is 0 Å². The monoisotopic (exact) mass is 275 g/mol. The Balaban J connectivity index is 1.82. The highest BCUT2D eigenvalue weighted by Gasteiger charge is 2.31. The molecule has 1 N–H and O–H groups in total. The van der Waals surface area contributed by atoms with Crippen molar-refractivity contribution in [1.29, 1.82) is 0 Å². The summed E-state index contributed by atoms with van der Waals surface area (Å²) in [6, 6.07) is 3.76. The average Bonchev–Trinajstić information content (AvgIpc) is 2.46. The summed E-state index contributed by atoms with van der Waals surface area (Å²) in [5.41, 5.74) is 1.63. The molecule has 0 spiro atoms. The van der Waals surface area contributed by atoms with Crippen LogP contribution in [0.25, 0.3) is 4.85 Å². The van der Waals surface area contributed by atoms with Crippen molar-refractivity contribution in [3.63, 3.8) is 0 Å². The first-order chi connectivity index (χ1) is 9.69. The molecule has 2 atom stereocenters. The number of piperazine rings is 1. The Morgan fingerprint density at radius 1 is 1.50 bits per heavy atom. The second-order valence-electron chi connectivity index (χ2n) is 5.45. The van der Waals surface area contributed by atoms with E-state index in [0.717, 1.165) is 31.7 Å². The summed E-state index contributed by atoms with van der Waals surface area (Å²) in [6.07, 6.45) is -0.0997. The van der Waals surface area contributed by atoms with Crippen LogP contribution < -0.4 is 5.32 Å². The Bertz CT molecular complexity index is 532. The zero-order valence-electron chi connectivity index (χ0n) is 11.5. The summed E-state index contributed by atoms with van der Waals surface area (Å²) >= 11 is 0. The van der Waals surface area contributed by atoms with E-state index in [4.69, 9.17) is 11.3 Å². The Morgan fingerprint density at radius 3 is 3.10 bits per heavy atom. The molecule has 0 bridgehead atoms. The molecule has 0 unspecified atom stereocenters. The molecular formula is C15H18FN3O. The molecular weight excluding hydrogens is 257 g/mol. The molecule has 0 aromatic heterocycles. The van der Waals surface area contributed by atoms with Crippen LogP contribution in [0.5, 0.6) is 0 Å². The van der Waals surface area contributed by atoms with Crippen LogP contribution in [0.15, 0.2) is 12.1 Å². The molecule has 1 aromatic carbocycles. The van der Waals surface area contributed by atoms with Gasteiger partial charge in [0.25, 0.3) is 0 Å². The lowest BCUT2D eigenvalue weighted by atomic mass is 10.0. The minimum Gasteiger partial charge on any atom is -0.371 e. The van der Waals surface area contributed by atoms with Crippen molar-refractivity contribution in [3.8, 4) is 0 Å². The highest BCUT2D eigenvalue weighted by Crippen LogP contribution is 2.31. The molecule has 1 aromatic rings. The maximum Gasteiger partial charge on any atom is 0.224 e. The number of fused-ring (bicyclic) bond motifs is 1. The number of benzene rings is 1. The van der Waals surface area contributed by atoms with E-state index in [0.29, 0.717) is 18.2 Å². The van der Waals surface area contributed by atoms with E-state index in [1.54, 1.807) is 6.92 Å². The molecule has 0 aliphatic carbocycles. The molecule has 0 saturated carbocycles. The predicted octanol–water partition coefficient (Wildman–Crippen LogP) is 2.03. The van der Waals surface area contributed by atoms with E-state index in [9.17, 15) is 4.39 Å². The van der Waals surface area contributed by atoms with Crippen molar-refractivity contribution in [1.82, 2.24) is 10.2 Å². The summed E-state index contributed by atoms with van der Waals surface area (Å²) in [5, 5.41) is 3.36. The number of hydrogen-bond donors (Lipinski definition) is 1. The number of morpholine rings is 1. The van der Waals surface area contributed by atoms with Crippen LogP contribution in [-0.4, -0.2) is 43.7 Å². The number of ether oxygens (including phenoxy) is 1. The van der Waals surface area contributed by atoms with Gasteiger partial charge in [0.05, 0.1) is 19.3 Å². The zero-order valence-corrected chi connectivity index (χ0v) is 11.5. The van der Waals surface area contributed by atoms with Gasteiger partial charge in [0.2, 0.25) is 5.69 Å². The van der Waals surface area contributed by atoms with Crippen LogP contribution in [0.2, 0.25) is 0 Å². The van der Waals surface area contributed by atoms with Gasteiger partial charge in [0.1, 0.15) is 5.82 Å². The molecule has 0 radical (unpaired) electrons. The van der Waals surface area contributed by atoms with Crippen LogP contribution in [0, 0.1) is 19.3 Å². The summed E-state index contributed by atoms with van der Waals surface area (Å²) in [5.74, 6) is -0.443. The van der Waals surface area contributed by atoms with Crippen LogP contribution >= 0.6 is 0 Å². The van der Waals surface area contributed by atoms with E-state index in [1.165, 1.54) is 6.07 Å². The molecule has 2 heterocycles. The molecule has 3 rings (SSSR count). The standard InChI is InChI=1S/C15H18FN3O/c1-10-5-11(6-13(16)15(10)17-2)14-8-19-4-3-18-7-12(19)9-20-14/h5-6,12,14,18H,3-4,7-9H2,1H3/t12-,14-/m0/s1. The lowest BCUT2D eigenvalue weighted by Crippen LogP contribution is -2.57. The third-order valence-electron chi connectivity index (χ3n) is 4.12. The molecule has 20 heavy (non-hydrogen) atoms. The lowest BCUT2D eigenvalue weighted by molar-refractivity contribution is -0.0718. The first-order valence-corrected chi connectivity index (χ1v) is 6.93.